The van der Waals surface area contributed by atoms with Gasteiger partial charge in [0.25, 0.3) is 0 Å². The average molecular weight is 301 g/mol. The second-order valence-electron chi connectivity index (χ2n) is 4.75. The molecule has 7 heteroatoms. The maximum atomic E-state index is 12.0. The van der Waals surface area contributed by atoms with E-state index in [2.05, 4.69) is 20.6 Å². The number of nitrogens with one attached hydrogen (secondary N) is 1. The van der Waals surface area contributed by atoms with Gasteiger partial charge in [-0.3, -0.25) is 4.79 Å². The van der Waals surface area contributed by atoms with Crippen molar-refractivity contribution in [2.45, 2.75) is 26.9 Å². The van der Waals surface area contributed by atoms with Crippen LogP contribution in [0.1, 0.15) is 15.6 Å². The Labute approximate surface area is 125 Å². The lowest BCUT2D eigenvalue weighted by atomic mass is 10.3. The maximum Gasteiger partial charge on any atom is 0.242 e. The highest BCUT2D eigenvalue weighted by molar-refractivity contribution is 7.11. The molecule has 1 N–H and O–H groups in total. The summed E-state index contributed by atoms with van der Waals surface area (Å²) in [5.74, 6) is -0.0869. The lowest BCUT2D eigenvalue weighted by Crippen LogP contribution is -2.27. The fourth-order valence-electron chi connectivity index (χ4n) is 2.14. The molecule has 0 radical (unpaired) electrons. The smallest absolute Gasteiger partial charge is 0.242 e. The van der Waals surface area contributed by atoms with Crippen LogP contribution in [0.4, 0.5) is 0 Å². The van der Waals surface area contributed by atoms with E-state index in [-0.39, 0.29) is 12.5 Å². The van der Waals surface area contributed by atoms with Gasteiger partial charge in [0.15, 0.2) is 0 Å². The largest absolute Gasteiger partial charge is 0.350 e. The molecule has 108 valence electrons. The van der Waals surface area contributed by atoms with Crippen LogP contribution < -0.4 is 5.32 Å². The van der Waals surface area contributed by atoms with Gasteiger partial charge >= 0.3 is 0 Å². The first-order valence-electron chi connectivity index (χ1n) is 6.61. The third-order valence-electron chi connectivity index (χ3n) is 3.16. The zero-order chi connectivity index (χ0) is 14.8. The predicted molar refractivity (Wildman–Crippen MR) is 81.0 cm³/mol. The summed E-state index contributed by atoms with van der Waals surface area (Å²) in [6.07, 6.45) is 0. The van der Waals surface area contributed by atoms with Gasteiger partial charge in [0, 0.05) is 4.88 Å². The van der Waals surface area contributed by atoms with E-state index in [9.17, 15) is 4.79 Å². The van der Waals surface area contributed by atoms with E-state index in [0.29, 0.717) is 6.54 Å². The Bertz CT molecular complexity index is 792. The van der Waals surface area contributed by atoms with Crippen molar-refractivity contribution in [2.75, 3.05) is 0 Å². The quantitative estimate of drug-likeness (QED) is 0.798. The minimum absolute atomic E-state index is 0.0869. The molecule has 0 aliphatic heterocycles. The molecule has 0 spiro atoms. The van der Waals surface area contributed by atoms with Crippen LogP contribution in [-0.2, 0) is 17.9 Å². The molecular formula is C14H15N5OS. The van der Waals surface area contributed by atoms with E-state index in [4.69, 9.17) is 0 Å². The van der Waals surface area contributed by atoms with Gasteiger partial charge in [0.2, 0.25) is 5.91 Å². The van der Waals surface area contributed by atoms with Crippen molar-refractivity contribution in [1.29, 1.82) is 0 Å². The van der Waals surface area contributed by atoms with Gasteiger partial charge in [0.1, 0.15) is 12.1 Å². The minimum Gasteiger partial charge on any atom is -0.350 e. The molecule has 0 fully saturated rings. The fourth-order valence-corrected chi connectivity index (χ4v) is 3.02. The van der Waals surface area contributed by atoms with Gasteiger partial charge in [-0.25, -0.2) is 9.67 Å². The summed E-state index contributed by atoms with van der Waals surface area (Å²) in [5.41, 5.74) is 2.63. The summed E-state index contributed by atoms with van der Waals surface area (Å²) in [6, 6.07) is 7.58. The highest BCUT2D eigenvalue weighted by Crippen LogP contribution is 2.16. The molecule has 2 aromatic heterocycles. The molecule has 0 aliphatic rings. The SMILES string of the molecule is Cc1nc(C)c(CNC(=O)Cn2nnc3ccccc32)s1. The Morgan fingerprint density at radius 2 is 2.14 bits per heavy atom. The number of para-hydroxylation sites is 1. The van der Waals surface area contributed by atoms with E-state index >= 15 is 0 Å². The van der Waals surface area contributed by atoms with Gasteiger partial charge in [-0.15, -0.1) is 16.4 Å². The van der Waals surface area contributed by atoms with Crippen LogP contribution in [0.15, 0.2) is 24.3 Å². The molecule has 2 heterocycles. The van der Waals surface area contributed by atoms with E-state index in [0.717, 1.165) is 26.6 Å². The number of benzene rings is 1. The van der Waals surface area contributed by atoms with Crippen molar-refractivity contribution in [3.63, 3.8) is 0 Å². The van der Waals surface area contributed by atoms with Crippen LogP contribution in [0.25, 0.3) is 11.0 Å². The summed E-state index contributed by atoms with van der Waals surface area (Å²) in [7, 11) is 0. The Balaban J connectivity index is 1.65. The van der Waals surface area contributed by atoms with E-state index in [1.807, 2.05) is 38.1 Å². The first kappa shape index (κ1) is 13.7. The molecule has 0 bridgehead atoms. The van der Waals surface area contributed by atoms with Crippen LogP contribution in [0, 0.1) is 13.8 Å². The topological polar surface area (TPSA) is 72.7 Å². The number of nitrogens with zero attached hydrogens (tertiary/aromatic N) is 4. The molecule has 21 heavy (non-hydrogen) atoms. The second kappa shape index (κ2) is 5.61. The molecular weight excluding hydrogens is 286 g/mol. The molecule has 0 unspecified atom stereocenters. The molecule has 0 atom stereocenters. The summed E-state index contributed by atoms with van der Waals surface area (Å²) in [5, 5.41) is 12.0. The van der Waals surface area contributed by atoms with Crippen molar-refractivity contribution in [1.82, 2.24) is 25.3 Å². The number of aryl methyl sites for hydroxylation is 2. The summed E-state index contributed by atoms with van der Waals surface area (Å²) < 4.78 is 1.61. The van der Waals surface area contributed by atoms with Crippen LogP contribution in [-0.4, -0.2) is 25.9 Å². The molecule has 3 rings (SSSR count). The standard InChI is InChI=1S/C14H15N5OS/c1-9-13(21-10(2)16-9)7-15-14(20)8-19-12-6-4-3-5-11(12)17-18-19/h3-6H,7-8H2,1-2H3,(H,15,20). The molecule has 6 nitrogen and oxygen atoms in total. The van der Waals surface area contributed by atoms with Gasteiger partial charge in [-0.2, -0.15) is 0 Å². The number of thiazole rings is 1. The zero-order valence-corrected chi connectivity index (χ0v) is 12.6. The van der Waals surface area contributed by atoms with Gasteiger partial charge in [-0.1, -0.05) is 17.3 Å². The molecule has 0 saturated carbocycles. The maximum absolute atomic E-state index is 12.0. The molecule has 1 amide bonds. The number of aromatic nitrogens is 4. The van der Waals surface area contributed by atoms with Crippen molar-refractivity contribution >= 4 is 28.3 Å². The number of hydrogen-bond acceptors (Lipinski definition) is 5. The van der Waals surface area contributed by atoms with E-state index in [1.54, 1.807) is 16.0 Å². The number of rotatable bonds is 4. The van der Waals surface area contributed by atoms with Crippen LogP contribution in [0.3, 0.4) is 0 Å². The second-order valence-corrected chi connectivity index (χ2v) is 6.04. The van der Waals surface area contributed by atoms with E-state index < -0.39 is 0 Å². The third-order valence-corrected chi connectivity index (χ3v) is 4.23. The molecule has 0 aliphatic carbocycles. The van der Waals surface area contributed by atoms with Crippen molar-refractivity contribution in [3.8, 4) is 0 Å². The number of carbonyl (C=O) groups excluding carboxylic acids is 1. The average Bonchev–Trinajstić information content (AvgIpc) is 3.00. The monoisotopic (exact) mass is 301 g/mol. The van der Waals surface area contributed by atoms with Crippen LogP contribution in [0.5, 0.6) is 0 Å². The first-order chi connectivity index (χ1) is 10.1. The van der Waals surface area contributed by atoms with Gasteiger partial charge < -0.3 is 5.32 Å². The Morgan fingerprint density at radius 1 is 1.33 bits per heavy atom. The summed E-state index contributed by atoms with van der Waals surface area (Å²) in [4.78, 5) is 17.5. The number of fused-ring (bicyclic) bond motifs is 1. The normalized spacial score (nSPS) is 11.0. The minimum atomic E-state index is -0.0869. The van der Waals surface area contributed by atoms with Crippen molar-refractivity contribution in [3.05, 3.63) is 39.8 Å². The Morgan fingerprint density at radius 3 is 2.90 bits per heavy atom. The zero-order valence-electron chi connectivity index (χ0n) is 11.8. The molecule has 3 aromatic rings. The van der Waals surface area contributed by atoms with Crippen LogP contribution >= 0.6 is 11.3 Å². The molecule has 0 saturated heterocycles. The molecule has 1 aromatic carbocycles. The lowest BCUT2D eigenvalue weighted by molar-refractivity contribution is -0.121. The highest BCUT2D eigenvalue weighted by Gasteiger charge is 2.10. The Kier molecular flexibility index (Phi) is 3.66. The Hall–Kier alpha value is -2.28. The van der Waals surface area contributed by atoms with E-state index in [1.165, 1.54) is 0 Å². The highest BCUT2D eigenvalue weighted by atomic mass is 32.1. The number of hydrogen-bond donors (Lipinski definition) is 1. The van der Waals surface area contributed by atoms with Gasteiger partial charge in [0.05, 0.1) is 22.8 Å². The lowest BCUT2D eigenvalue weighted by Gasteiger charge is -2.04. The fraction of sp³-hybridized carbons (Fsp3) is 0.286. The third kappa shape index (κ3) is 2.92. The predicted octanol–water partition coefficient (Wildman–Crippen LogP) is 1.82. The van der Waals surface area contributed by atoms with Crippen molar-refractivity contribution < 1.29 is 4.79 Å². The van der Waals surface area contributed by atoms with Crippen LogP contribution in [0.2, 0.25) is 0 Å². The number of carbonyl (C=O) groups is 1. The summed E-state index contributed by atoms with van der Waals surface area (Å²) in [6.45, 7) is 4.58. The first-order valence-corrected chi connectivity index (χ1v) is 7.43. The number of amides is 1. The van der Waals surface area contributed by atoms with Gasteiger partial charge in [-0.05, 0) is 26.0 Å². The summed E-state index contributed by atoms with van der Waals surface area (Å²) >= 11 is 1.61. The van der Waals surface area contributed by atoms with Crippen molar-refractivity contribution in [2.24, 2.45) is 0 Å².